The smallest absolute Gasteiger partial charge is 0.00670 e. The third-order valence-electron chi connectivity index (χ3n) is 3.52. The van der Waals surface area contributed by atoms with Crippen molar-refractivity contribution >= 4 is 0 Å². The lowest BCUT2D eigenvalue weighted by Gasteiger charge is -2.11. The van der Waals surface area contributed by atoms with Gasteiger partial charge in [-0.25, -0.2) is 0 Å². The third kappa shape index (κ3) is 3.97. The summed E-state index contributed by atoms with van der Waals surface area (Å²) in [6.07, 6.45) is 9.52. The van der Waals surface area contributed by atoms with Gasteiger partial charge in [-0.3, -0.25) is 0 Å². The van der Waals surface area contributed by atoms with Crippen molar-refractivity contribution in [2.45, 2.75) is 51.0 Å². The molecule has 88 valence electrons. The number of nitrogens with one attached hydrogen (secondary N) is 1. The van der Waals surface area contributed by atoms with Gasteiger partial charge in [0.05, 0.1) is 0 Å². The molecule has 1 heteroatoms. The molecular formula is C15H23N. The summed E-state index contributed by atoms with van der Waals surface area (Å²) >= 11 is 0. The van der Waals surface area contributed by atoms with Crippen molar-refractivity contribution in [1.29, 1.82) is 0 Å². The molecule has 1 saturated carbocycles. The van der Waals surface area contributed by atoms with E-state index in [1.54, 1.807) is 0 Å². The standard InChI is InChI=1S/C15H23N/c1-2-8-14(9-3-1)10-6-7-13-16-15-11-4-5-12-15/h1-3,8-9,15-16H,4-7,10-13H2. The quantitative estimate of drug-likeness (QED) is 0.719. The highest BCUT2D eigenvalue weighted by Crippen LogP contribution is 2.17. The number of unbranched alkanes of at least 4 members (excludes halogenated alkanes) is 1. The summed E-state index contributed by atoms with van der Waals surface area (Å²) in [5, 5.41) is 3.67. The molecule has 1 aromatic carbocycles. The first kappa shape index (κ1) is 11.7. The monoisotopic (exact) mass is 217 g/mol. The van der Waals surface area contributed by atoms with Crippen LogP contribution in [0.1, 0.15) is 44.1 Å². The highest BCUT2D eigenvalue weighted by Gasteiger charge is 2.12. The van der Waals surface area contributed by atoms with Gasteiger partial charge in [-0.05, 0) is 44.2 Å². The van der Waals surface area contributed by atoms with E-state index in [1.165, 1.54) is 57.1 Å². The summed E-state index contributed by atoms with van der Waals surface area (Å²) < 4.78 is 0. The van der Waals surface area contributed by atoms with E-state index in [4.69, 9.17) is 0 Å². The SMILES string of the molecule is c1ccc(CCCCNC2CCCC2)cc1. The lowest BCUT2D eigenvalue weighted by molar-refractivity contribution is 0.508. The van der Waals surface area contributed by atoms with Gasteiger partial charge >= 0.3 is 0 Å². The van der Waals surface area contributed by atoms with Crippen LogP contribution in [-0.4, -0.2) is 12.6 Å². The van der Waals surface area contributed by atoms with Crippen LogP contribution in [0.4, 0.5) is 0 Å². The van der Waals surface area contributed by atoms with Crippen LogP contribution in [0, 0.1) is 0 Å². The molecule has 0 amide bonds. The maximum Gasteiger partial charge on any atom is 0.00670 e. The first-order chi connectivity index (χ1) is 7.95. The lowest BCUT2D eigenvalue weighted by atomic mass is 10.1. The molecule has 1 aromatic rings. The Kier molecular flexibility index (Phi) is 4.88. The molecular weight excluding hydrogens is 194 g/mol. The van der Waals surface area contributed by atoms with Gasteiger partial charge in [0.1, 0.15) is 0 Å². The van der Waals surface area contributed by atoms with E-state index in [0.717, 1.165) is 6.04 Å². The van der Waals surface area contributed by atoms with Crippen LogP contribution in [0.3, 0.4) is 0 Å². The van der Waals surface area contributed by atoms with Crippen molar-refractivity contribution in [2.75, 3.05) is 6.54 Å². The second-order valence-corrected chi connectivity index (χ2v) is 4.88. The zero-order valence-electron chi connectivity index (χ0n) is 10.1. The van der Waals surface area contributed by atoms with Crippen LogP contribution >= 0.6 is 0 Å². The second kappa shape index (κ2) is 6.70. The molecule has 1 aliphatic carbocycles. The van der Waals surface area contributed by atoms with Gasteiger partial charge in [0, 0.05) is 6.04 Å². The van der Waals surface area contributed by atoms with Crippen LogP contribution in [-0.2, 0) is 6.42 Å². The Morgan fingerprint density at radius 3 is 2.50 bits per heavy atom. The molecule has 0 aromatic heterocycles. The van der Waals surface area contributed by atoms with Crippen LogP contribution in [0.2, 0.25) is 0 Å². The van der Waals surface area contributed by atoms with Gasteiger partial charge in [0.25, 0.3) is 0 Å². The molecule has 2 rings (SSSR count). The highest BCUT2D eigenvalue weighted by atomic mass is 14.9. The molecule has 0 unspecified atom stereocenters. The summed E-state index contributed by atoms with van der Waals surface area (Å²) in [5.41, 5.74) is 1.48. The van der Waals surface area contributed by atoms with Crippen LogP contribution in [0.5, 0.6) is 0 Å². The highest BCUT2D eigenvalue weighted by molar-refractivity contribution is 5.14. The van der Waals surface area contributed by atoms with Crippen LogP contribution in [0.15, 0.2) is 30.3 Å². The average molecular weight is 217 g/mol. The molecule has 0 heterocycles. The van der Waals surface area contributed by atoms with Crippen LogP contribution < -0.4 is 5.32 Å². The molecule has 16 heavy (non-hydrogen) atoms. The van der Waals surface area contributed by atoms with Gasteiger partial charge < -0.3 is 5.32 Å². The van der Waals surface area contributed by atoms with Crippen molar-refractivity contribution in [3.8, 4) is 0 Å². The minimum absolute atomic E-state index is 0.830. The van der Waals surface area contributed by atoms with E-state index in [9.17, 15) is 0 Å². The molecule has 0 aliphatic heterocycles. The zero-order valence-corrected chi connectivity index (χ0v) is 10.1. The fraction of sp³-hybridized carbons (Fsp3) is 0.600. The molecule has 0 bridgehead atoms. The Bertz CT molecular complexity index is 275. The van der Waals surface area contributed by atoms with Gasteiger partial charge in [0.2, 0.25) is 0 Å². The summed E-state index contributed by atoms with van der Waals surface area (Å²) in [7, 11) is 0. The molecule has 0 saturated heterocycles. The third-order valence-corrected chi connectivity index (χ3v) is 3.52. The van der Waals surface area contributed by atoms with Gasteiger partial charge in [-0.15, -0.1) is 0 Å². The predicted octanol–water partition coefficient (Wildman–Crippen LogP) is 3.54. The van der Waals surface area contributed by atoms with E-state index in [-0.39, 0.29) is 0 Å². The number of hydrogen-bond donors (Lipinski definition) is 1. The van der Waals surface area contributed by atoms with E-state index in [2.05, 4.69) is 35.6 Å². The molecule has 1 nitrogen and oxygen atoms in total. The second-order valence-electron chi connectivity index (χ2n) is 4.88. The van der Waals surface area contributed by atoms with Crippen molar-refractivity contribution in [3.63, 3.8) is 0 Å². The van der Waals surface area contributed by atoms with Gasteiger partial charge in [-0.1, -0.05) is 43.2 Å². The summed E-state index contributed by atoms with van der Waals surface area (Å²) in [4.78, 5) is 0. The Hall–Kier alpha value is -0.820. The number of rotatable bonds is 6. The Labute approximate surface area is 99.3 Å². The zero-order chi connectivity index (χ0) is 11.1. The normalized spacial score (nSPS) is 16.8. The molecule has 1 N–H and O–H groups in total. The van der Waals surface area contributed by atoms with Crippen molar-refractivity contribution < 1.29 is 0 Å². The van der Waals surface area contributed by atoms with Gasteiger partial charge in [-0.2, -0.15) is 0 Å². The van der Waals surface area contributed by atoms with Crippen molar-refractivity contribution in [3.05, 3.63) is 35.9 Å². The van der Waals surface area contributed by atoms with Crippen LogP contribution in [0.25, 0.3) is 0 Å². The minimum Gasteiger partial charge on any atom is -0.314 e. The summed E-state index contributed by atoms with van der Waals surface area (Å²) in [5.74, 6) is 0. The van der Waals surface area contributed by atoms with E-state index < -0.39 is 0 Å². The first-order valence-electron chi connectivity index (χ1n) is 6.72. The molecule has 1 fully saturated rings. The first-order valence-corrected chi connectivity index (χ1v) is 6.72. The van der Waals surface area contributed by atoms with E-state index in [0.29, 0.717) is 0 Å². The number of benzene rings is 1. The maximum absolute atomic E-state index is 3.67. The fourth-order valence-corrected chi connectivity index (χ4v) is 2.53. The van der Waals surface area contributed by atoms with Crippen molar-refractivity contribution in [2.24, 2.45) is 0 Å². The average Bonchev–Trinajstić information content (AvgIpc) is 2.83. The van der Waals surface area contributed by atoms with E-state index in [1.807, 2.05) is 0 Å². The largest absolute Gasteiger partial charge is 0.314 e. The molecule has 0 radical (unpaired) electrons. The summed E-state index contributed by atoms with van der Waals surface area (Å²) in [6, 6.07) is 11.6. The Balaban J connectivity index is 1.52. The minimum atomic E-state index is 0.830. The number of hydrogen-bond acceptors (Lipinski definition) is 1. The Morgan fingerprint density at radius 2 is 1.75 bits per heavy atom. The lowest BCUT2D eigenvalue weighted by Crippen LogP contribution is -2.26. The fourth-order valence-electron chi connectivity index (χ4n) is 2.53. The van der Waals surface area contributed by atoms with Crippen molar-refractivity contribution in [1.82, 2.24) is 5.32 Å². The predicted molar refractivity (Wildman–Crippen MR) is 69.6 cm³/mol. The van der Waals surface area contributed by atoms with Gasteiger partial charge in [0.15, 0.2) is 0 Å². The Morgan fingerprint density at radius 1 is 1.00 bits per heavy atom. The number of aryl methyl sites for hydroxylation is 1. The summed E-state index contributed by atoms with van der Waals surface area (Å²) in [6.45, 7) is 1.21. The molecule has 1 aliphatic rings. The molecule has 0 spiro atoms. The maximum atomic E-state index is 3.67. The topological polar surface area (TPSA) is 12.0 Å². The molecule has 0 atom stereocenters. The van der Waals surface area contributed by atoms with E-state index >= 15 is 0 Å².